The van der Waals surface area contributed by atoms with Crippen LogP contribution in [0, 0.1) is 18.3 Å². The molecule has 0 spiro atoms. The fourth-order valence-corrected chi connectivity index (χ4v) is 3.09. The van der Waals surface area contributed by atoms with Crippen molar-refractivity contribution in [1.82, 2.24) is 15.2 Å². The number of hydrogen-bond acceptors (Lipinski definition) is 6. The van der Waals surface area contributed by atoms with Crippen LogP contribution >= 0.6 is 0 Å². The number of benzene rings is 2. The molecule has 0 bridgehead atoms. The third kappa shape index (κ3) is 3.44. The van der Waals surface area contributed by atoms with Crippen LogP contribution in [0.3, 0.4) is 0 Å². The van der Waals surface area contributed by atoms with Crippen LogP contribution in [0.25, 0.3) is 22.2 Å². The van der Waals surface area contributed by atoms with Crippen molar-refractivity contribution in [2.24, 2.45) is 0 Å². The number of nitriles is 1. The van der Waals surface area contributed by atoms with E-state index in [2.05, 4.69) is 21.3 Å². The van der Waals surface area contributed by atoms with Gasteiger partial charge in [0, 0.05) is 16.5 Å². The minimum absolute atomic E-state index is 0.406. The van der Waals surface area contributed by atoms with Crippen LogP contribution in [0.1, 0.15) is 11.3 Å². The summed E-state index contributed by atoms with van der Waals surface area (Å²) in [4.78, 5) is 4.69. The molecular formula is C22H18N4O3. The Morgan fingerprint density at radius 2 is 1.72 bits per heavy atom. The molecule has 144 valence electrons. The molecule has 2 heterocycles. The molecule has 2 aromatic carbocycles. The van der Waals surface area contributed by atoms with Gasteiger partial charge >= 0.3 is 0 Å². The number of fused-ring (bicyclic) bond motifs is 1. The van der Waals surface area contributed by atoms with Gasteiger partial charge in [0.1, 0.15) is 11.4 Å². The Bertz CT molecular complexity index is 1220. The average Bonchev–Trinajstić information content (AvgIpc) is 3.19. The largest absolute Gasteiger partial charge is 0.493 e. The lowest BCUT2D eigenvalue weighted by Crippen LogP contribution is -1.97. The lowest BCUT2D eigenvalue weighted by atomic mass is 10.1. The Labute approximate surface area is 167 Å². The normalized spacial score (nSPS) is 10.6. The monoisotopic (exact) mass is 386 g/mol. The molecule has 0 aliphatic carbocycles. The minimum Gasteiger partial charge on any atom is -0.493 e. The number of nitrogens with one attached hydrogen (secondary N) is 1. The quantitative estimate of drug-likeness (QED) is 0.538. The van der Waals surface area contributed by atoms with E-state index in [1.165, 1.54) is 0 Å². The number of nitrogens with zero attached hydrogens (tertiary/aromatic N) is 3. The molecule has 0 fully saturated rings. The van der Waals surface area contributed by atoms with Crippen molar-refractivity contribution >= 4 is 10.8 Å². The number of aromatic amines is 1. The highest BCUT2D eigenvalue weighted by Crippen LogP contribution is 2.41. The first kappa shape index (κ1) is 18.3. The summed E-state index contributed by atoms with van der Waals surface area (Å²) in [6.07, 6.45) is 0. The van der Waals surface area contributed by atoms with Crippen LogP contribution in [0.15, 0.2) is 48.5 Å². The molecule has 1 N–H and O–H groups in total. The zero-order chi connectivity index (χ0) is 20.4. The summed E-state index contributed by atoms with van der Waals surface area (Å²) in [6.45, 7) is 1.93. The fraction of sp³-hybridized carbons (Fsp3) is 0.136. The molecule has 0 saturated carbocycles. The van der Waals surface area contributed by atoms with Gasteiger partial charge in [-0.15, -0.1) is 0 Å². The van der Waals surface area contributed by atoms with Crippen LogP contribution < -0.4 is 14.2 Å². The van der Waals surface area contributed by atoms with E-state index in [0.29, 0.717) is 40.1 Å². The minimum atomic E-state index is 0.406. The maximum absolute atomic E-state index is 8.99. The molecule has 7 nitrogen and oxygen atoms in total. The van der Waals surface area contributed by atoms with Crippen LogP contribution in [-0.4, -0.2) is 29.4 Å². The zero-order valence-electron chi connectivity index (χ0n) is 16.2. The summed E-state index contributed by atoms with van der Waals surface area (Å²) in [7, 11) is 3.19. The van der Waals surface area contributed by atoms with Gasteiger partial charge in [-0.05, 0) is 55.5 Å². The van der Waals surface area contributed by atoms with Gasteiger partial charge in [-0.2, -0.15) is 10.4 Å². The molecule has 0 unspecified atom stereocenters. The number of rotatable bonds is 5. The van der Waals surface area contributed by atoms with Crippen molar-refractivity contribution in [2.45, 2.75) is 6.92 Å². The van der Waals surface area contributed by atoms with E-state index in [0.717, 1.165) is 16.5 Å². The van der Waals surface area contributed by atoms with Crippen molar-refractivity contribution in [2.75, 3.05) is 14.2 Å². The van der Waals surface area contributed by atoms with E-state index >= 15 is 0 Å². The Morgan fingerprint density at radius 1 is 0.931 bits per heavy atom. The van der Waals surface area contributed by atoms with Gasteiger partial charge in [0.2, 0.25) is 5.88 Å². The number of methoxy groups -OCH3 is 2. The topological polar surface area (TPSA) is 93.1 Å². The molecule has 0 radical (unpaired) electrons. The van der Waals surface area contributed by atoms with E-state index in [1.54, 1.807) is 38.5 Å². The molecule has 2 aromatic heterocycles. The number of aromatic nitrogens is 3. The molecular weight excluding hydrogens is 368 g/mol. The zero-order valence-corrected chi connectivity index (χ0v) is 16.2. The van der Waals surface area contributed by atoms with Gasteiger partial charge in [0.25, 0.3) is 0 Å². The molecule has 0 aliphatic rings. The van der Waals surface area contributed by atoms with E-state index < -0.39 is 0 Å². The van der Waals surface area contributed by atoms with Crippen LogP contribution in [-0.2, 0) is 0 Å². The summed E-state index contributed by atoms with van der Waals surface area (Å²) in [5.41, 5.74) is 2.81. The number of aryl methyl sites for hydroxylation is 1. The first-order valence-corrected chi connectivity index (χ1v) is 8.89. The first-order valence-electron chi connectivity index (χ1n) is 8.89. The van der Waals surface area contributed by atoms with E-state index in [9.17, 15) is 0 Å². The van der Waals surface area contributed by atoms with Gasteiger partial charge in [-0.3, -0.25) is 5.10 Å². The Kier molecular flexibility index (Phi) is 4.75. The van der Waals surface area contributed by atoms with Crippen LogP contribution in [0.5, 0.6) is 23.1 Å². The fourth-order valence-electron chi connectivity index (χ4n) is 3.09. The highest BCUT2D eigenvalue weighted by Gasteiger charge is 2.17. The number of pyridine rings is 1. The molecule has 0 saturated heterocycles. The van der Waals surface area contributed by atoms with Gasteiger partial charge in [-0.25, -0.2) is 4.98 Å². The van der Waals surface area contributed by atoms with E-state index in [-0.39, 0.29) is 0 Å². The second kappa shape index (κ2) is 7.52. The van der Waals surface area contributed by atoms with Crippen LogP contribution in [0.2, 0.25) is 0 Å². The van der Waals surface area contributed by atoms with Crippen LogP contribution in [0.4, 0.5) is 0 Å². The number of hydrogen-bond donors (Lipinski definition) is 1. The summed E-state index contributed by atoms with van der Waals surface area (Å²) in [5.74, 6) is 2.18. The molecule has 0 atom stereocenters. The van der Waals surface area contributed by atoms with Gasteiger partial charge in [0.15, 0.2) is 11.5 Å². The predicted octanol–water partition coefficient (Wildman–Crippen LogP) is 4.61. The first-order chi connectivity index (χ1) is 14.1. The lowest BCUT2D eigenvalue weighted by Gasteiger charge is -2.14. The number of ether oxygens (including phenoxy) is 3. The van der Waals surface area contributed by atoms with Gasteiger partial charge < -0.3 is 14.2 Å². The van der Waals surface area contributed by atoms with Crippen molar-refractivity contribution in [3.8, 4) is 40.6 Å². The Balaban J connectivity index is 1.91. The van der Waals surface area contributed by atoms with E-state index in [4.69, 9.17) is 19.5 Å². The Morgan fingerprint density at radius 3 is 2.34 bits per heavy atom. The summed E-state index contributed by atoms with van der Waals surface area (Å²) in [5, 5.41) is 17.8. The second-order valence-electron chi connectivity index (χ2n) is 6.38. The SMILES string of the molecule is COc1ccc2c(Oc3ccc(C#N)cc3)nc(-c3cc(C)[nH]n3)cc2c1OC. The smallest absolute Gasteiger partial charge is 0.227 e. The third-order valence-electron chi connectivity index (χ3n) is 4.48. The van der Waals surface area contributed by atoms with Gasteiger partial charge in [-0.1, -0.05) is 0 Å². The molecule has 4 rings (SSSR count). The average molecular weight is 386 g/mol. The maximum atomic E-state index is 8.99. The third-order valence-corrected chi connectivity index (χ3v) is 4.48. The highest BCUT2D eigenvalue weighted by molar-refractivity contribution is 5.96. The van der Waals surface area contributed by atoms with Crippen molar-refractivity contribution in [3.63, 3.8) is 0 Å². The summed E-state index contributed by atoms with van der Waals surface area (Å²) < 4.78 is 17.1. The maximum Gasteiger partial charge on any atom is 0.227 e. The number of H-pyrrole nitrogens is 1. The van der Waals surface area contributed by atoms with E-state index in [1.807, 2.05) is 31.2 Å². The van der Waals surface area contributed by atoms with Crippen molar-refractivity contribution in [3.05, 3.63) is 59.8 Å². The summed E-state index contributed by atoms with van der Waals surface area (Å²) >= 11 is 0. The summed E-state index contributed by atoms with van der Waals surface area (Å²) in [6, 6.07) is 16.5. The van der Waals surface area contributed by atoms with Gasteiger partial charge in [0.05, 0.1) is 31.5 Å². The standard InChI is InChI=1S/C22H18N4O3/c1-13-10-19(26-25-13)18-11-17-16(8-9-20(27-2)21(17)28-3)22(24-18)29-15-6-4-14(12-23)5-7-15/h4-11H,1-3H3,(H,25,26). The molecule has 29 heavy (non-hydrogen) atoms. The lowest BCUT2D eigenvalue weighted by molar-refractivity contribution is 0.358. The highest BCUT2D eigenvalue weighted by atomic mass is 16.5. The molecule has 4 aromatic rings. The Hall–Kier alpha value is -4.05. The van der Waals surface area contributed by atoms with Crippen molar-refractivity contribution < 1.29 is 14.2 Å². The predicted molar refractivity (Wildman–Crippen MR) is 108 cm³/mol. The molecule has 0 aliphatic heterocycles. The molecule has 7 heteroatoms. The molecule has 0 amide bonds. The second-order valence-corrected chi connectivity index (χ2v) is 6.38. The van der Waals surface area contributed by atoms with Crippen molar-refractivity contribution in [1.29, 1.82) is 5.26 Å².